The fourth-order valence-corrected chi connectivity index (χ4v) is 3.74. The zero-order valence-electron chi connectivity index (χ0n) is 14.7. The molecule has 2 aliphatic rings. The van der Waals surface area contributed by atoms with Gasteiger partial charge in [0.2, 0.25) is 0 Å². The van der Waals surface area contributed by atoms with Gasteiger partial charge in [0.15, 0.2) is 5.65 Å². The first kappa shape index (κ1) is 15.6. The van der Waals surface area contributed by atoms with E-state index in [2.05, 4.69) is 5.10 Å². The molecule has 0 unspecified atom stereocenters. The van der Waals surface area contributed by atoms with Crippen molar-refractivity contribution in [2.75, 3.05) is 13.1 Å². The zero-order chi connectivity index (χ0) is 17.0. The van der Waals surface area contributed by atoms with Gasteiger partial charge < -0.3 is 9.64 Å². The molecule has 1 aliphatic heterocycles. The van der Waals surface area contributed by atoms with Crippen molar-refractivity contribution in [2.24, 2.45) is 7.05 Å². The number of carbonyl (C=O) groups excluding carboxylic acids is 1. The molecule has 0 bridgehead atoms. The minimum Gasteiger partial charge on any atom is -0.372 e. The maximum absolute atomic E-state index is 13.3. The molecule has 0 spiro atoms. The van der Waals surface area contributed by atoms with Gasteiger partial charge in [0.1, 0.15) is 0 Å². The molecular weight excluding hydrogens is 304 g/mol. The van der Waals surface area contributed by atoms with Crippen molar-refractivity contribution >= 4 is 16.9 Å². The third-order valence-electron chi connectivity index (χ3n) is 4.92. The maximum Gasteiger partial charge on any atom is 0.254 e. The SMILES string of the molecule is Cc1nn(C)c2nc(C3CC3)cc(C(=O)N3C[C@@H](C)O[C@@H](C)C3)c12. The second-order valence-electron chi connectivity index (χ2n) is 7.24. The molecule has 1 aliphatic carbocycles. The Balaban J connectivity index is 1.81. The normalized spacial score (nSPS) is 24.6. The molecule has 2 fully saturated rings. The van der Waals surface area contributed by atoms with E-state index in [4.69, 9.17) is 9.72 Å². The number of hydrogen-bond donors (Lipinski definition) is 0. The van der Waals surface area contributed by atoms with Crippen LogP contribution < -0.4 is 0 Å². The van der Waals surface area contributed by atoms with Crippen LogP contribution >= 0.6 is 0 Å². The van der Waals surface area contributed by atoms with Gasteiger partial charge in [-0.25, -0.2) is 4.98 Å². The van der Waals surface area contributed by atoms with Gasteiger partial charge in [0, 0.05) is 31.7 Å². The lowest BCUT2D eigenvalue weighted by atomic mass is 10.1. The molecule has 3 heterocycles. The van der Waals surface area contributed by atoms with Crippen LogP contribution in [0.5, 0.6) is 0 Å². The smallest absolute Gasteiger partial charge is 0.254 e. The predicted octanol–water partition coefficient (Wildman–Crippen LogP) is 2.40. The molecule has 128 valence electrons. The number of pyridine rings is 1. The van der Waals surface area contributed by atoms with Gasteiger partial charge in [-0.15, -0.1) is 0 Å². The van der Waals surface area contributed by atoms with Crippen molar-refractivity contribution in [3.05, 3.63) is 23.0 Å². The van der Waals surface area contributed by atoms with Crippen LogP contribution in [0.4, 0.5) is 0 Å². The van der Waals surface area contributed by atoms with Crippen LogP contribution in [0.3, 0.4) is 0 Å². The molecule has 0 radical (unpaired) electrons. The Morgan fingerprint density at radius 3 is 2.54 bits per heavy atom. The summed E-state index contributed by atoms with van der Waals surface area (Å²) in [6.45, 7) is 7.24. The van der Waals surface area contributed by atoms with E-state index in [1.54, 1.807) is 4.68 Å². The van der Waals surface area contributed by atoms with E-state index in [1.807, 2.05) is 38.8 Å². The molecule has 1 saturated carbocycles. The lowest BCUT2D eigenvalue weighted by Gasteiger charge is -2.35. The predicted molar refractivity (Wildman–Crippen MR) is 91.1 cm³/mol. The van der Waals surface area contributed by atoms with Crippen LogP contribution in [-0.4, -0.2) is 50.9 Å². The maximum atomic E-state index is 13.3. The minimum atomic E-state index is 0.0629. The number of morpholine rings is 1. The molecule has 24 heavy (non-hydrogen) atoms. The second kappa shape index (κ2) is 5.55. The Bertz CT molecular complexity index is 799. The summed E-state index contributed by atoms with van der Waals surface area (Å²) < 4.78 is 7.56. The Morgan fingerprint density at radius 2 is 1.92 bits per heavy atom. The molecule has 4 rings (SSSR count). The third-order valence-corrected chi connectivity index (χ3v) is 4.92. The second-order valence-corrected chi connectivity index (χ2v) is 7.24. The van der Waals surface area contributed by atoms with Crippen molar-refractivity contribution < 1.29 is 9.53 Å². The summed E-state index contributed by atoms with van der Waals surface area (Å²) in [4.78, 5) is 20.0. The van der Waals surface area contributed by atoms with E-state index >= 15 is 0 Å². The van der Waals surface area contributed by atoms with Crippen LogP contribution in [0.1, 0.15) is 54.4 Å². The Kier molecular flexibility index (Phi) is 3.60. The molecule has 2 aromatic heterocycles. The molecular formula is C18H24N4O2. The number of fused-ring (bicyclic) bond motifs is 1. The topological polar surface area (TPSA) is 60.2 Å². The number of amides is 1. The monoisotopic (exact) mass is 328 g/mol. The molecule has 0 N–H and O–H groups in total. The first-order chi connectivity index (χ1) is 11.4. The van der Waals surface area contributed by atoms with Crippen LogP contribution in [0, 0.1) is 6.92 Å². The molecule has 6 heteroatoms. The number of rotatable bonds is 2. The highest BCUT2D eigenvalue weighted by Crippen LogP contribution is 2.40. The first-order valence-electron chi connectivity index (χ1n) is 8.73. The summed E-state index contributed by atoms with van der Waals surface area (Å²) in [7, 11) is 1.89. The highest BCUT2D eigenvalue weighted by Gasteiger charge is 2.32. The average Bonchev–Trinajstić information content (AvgIpc) is 3.32. The standard InChI is InChI=1S/C18H24N4O2/c1-10-8-22(9-11(2)24-10)18(23)14-7-15(13-5-6-13)19-17-16(14)12(3)20-21(17)4/h7,10-11,13H,5-6,8-9H2,1-4H3/t10-,11+. The van der Waals surface area contributed by atoms with Crippen molar-refractivity contribution in [3.8, 4) is 0 Å². The summed E-state index contributed by atoms with van der Waals surface area (Å²) in [6, 6.07) is 2.00. The van der Waals surface area contributed by atoms with Gasteiger partial charge in [-0.1, -0.05) is 0 Å². The number of nitrogens with zero attached hydrogens (tertiary/aromatic N) is 4. The summed E-state index contributed by atoms with van der Waals surface area (Å²) in [5.74, 6) is 0.570. The molecule has 0 aromatic carbocycles. The lowest BCUT2D eigenvalue weighted by molar-refractivity contribution is -0.0585. The Labute approximate surface area is 141 Å². The number of hydrogen-bond acceptors (Lipinski definition) is 4. The molecule has 2 atom stereocenters. The lowest BCUT2D eigenvalue weighted by Crippen LogP contribution is -2.48. The molecule has 1 saturated heterocycles. The number of ether oxygens (including phenoxy) is 1. The van der Waals surface area contributed by atoms with E-state index in [0.29, 0.717) is 19.0 Å². The van der Waals surface area contributed by atoms with Gasteiger partial charge >= 0.3 is 0 Å². The van der Waals surface area contributed by atoms with E-state index in [-0.39, 0.29) is 18.1 Å². The number of aromatic nitrogens is 3. The van der Waals surface area contributed by atoms with E-state index in [0.717, 1.165) is 40.8 Å². The van der Waals surface area contributed by atoms with Gasteiger partial charge in [0.25, 0.3) is 5.91 Å². The van der Waals surface area contributed by atoms with Gasteiger partial charge in [-0.2, -0.15) is 5.10 Å². The third kappa shape index (κ3) is 2.59. The van der Waals surface area contributed by atoms with E-state index in [9.17, 15) is 4.79 Å². The number of carbonyl (C=O) groups is 1. The summed E-state index contributed by atoms with van der Waals surface area (Å²) >= 11 is 0. The van der Waals surface area contributed by atoms with Crippen LogP contribution in [0.25, 0.3) is 11.0 Å². The fourth-order valence-electron chi connectivity index (χ4n) is 3.74. The highest BCUT2D eigenvalue weighted by atomic mass is 16.5. The van der Waals surface area contributed by atoms with Crippen molar-refractivity contribution in [1.29, 1.82) is 0 Å². The van der Waals surface area contributed by atoms with Gasteiger partial charge in [-0.3, -0.25) is 9.48 Å². The van der Waals surface area contributed by atoms with Crippen molar-refractivity contribution in [3.63, 3.8) is 0 Å². The average molecular weight is 328 g/mol. The highest BCUT2D eigenvalue weighted by molar-refractivity contribution is 6.06. The van der Waals surface area contributed by atoms with Crippen LogP contribution in [-0.2, 0) is 11.8 Å². The Hall–Kier alpha value is -1.95. The van der Waals surface area contributed by atoms with Gasteiger partial charge in [0.05, 0.1) is 28.9 Å². The van der Waals surface area contributed by atoms with Crippen LogP contribution in [0.15, 0.2) is 6.07 Å². The Morgan fingerprint density at radius 1 is 1.25 bits per heavy atom. The minimum absolute atomic E-state index is 0.0629. The number of aryl methyl sites for hydroxylation is 2. The van der Waals surface area contributed by atoms with Crippen molar-refractivity contribution in [2.45, 2.75) is 51.7 Å². The molecule has 1 amide bonds. The summed E-state index contributed by atoms with van der Waals surface area (Å²) in [6.07, 6.45) is 2.45. The quantitative estimate of drug-likeness (QED) is 0.849. The fraction of sp³-hybridized carbons (Fsp3) is 0.611. The largest absolute Gasteiger partial charge is 0.372 e. The van der Waals surface area contributed by atoms with Crippen LogP contribution in [0.2, 0.25) is 0 Å². The van der Waals surface area contributed by atoms with Crippen molar-refractivity contribution in [1.82, 2.24) is 19.7 Å². The molecule has 2 aromatic rings. The molecule has 6 nitrogen and oxygen atoms in total. The van der Waals surface area contributed by atoms with E-state index < -0.39 is 0 Å². The summed E-state index contributed by atoms with van der Waals surface area (Å²) in [5, 5.41) is 5.38. The van der Waals surface area contributed by atoms with E-state index in [1.165, 1.54) is 0 Å². The first-order valence-corrected chi connectivity index (χ1v) is 8.73. The summed E-state index contributed by atoms with van der Waals surface area (Å²) in [5.41, 5.74) is 3.45. The van der Waals surface area contributed by atoms with Gasteiger partial charge in [-0.05, 0) is 39.7 Å². The zero-order valence-corrected chi connectivity index (χ0v) is 14.7.